The summed E-state index contributed by atoms with van der Waals surface area (Å²) in [6.45, 7) is 8.92. The van der Waals surface area contributed by atoms with E-state index < -0.39 is 0 Å². The van der Waals surface area contributed by atoms with Gasteiger partial charge < -0.3 is 5.32 Å². The van der Waals surface area contributed by atoms with Crippen molar-refractivity contribution in [1.82, 2.24) is 5.32 Å². The second-order valence-electron chi connectivity index (χ2n) is 7.40. The van der Waals surface area contributed by atoms with E-state index >= 15 is 0 Å². The average molecular weight is 336 g/mol. The fourth-order valence-electron chi connectivity index (χ4n) is 3.48. The topological polar surface area (TPSA) is 12.0 Å². The molecule has 1 nitrogen and oxygen atoms in total. The molecule has 24 heavy (non-hydrogen) atoms. The van der Waals surface area contributed by atoms with Gasteiger partial charge in [0.1, 0.15) is 0 Å². The van der Waals surface area contributed by atoms with Crippen molar-refractivity contribution in [2.24, 2.45) is 5.92 Å². The zero-order chi connectivity index (χ0) is 17.7. The first-order valence-corrected chi connectivity index (χ1v) is 10.7. The quantitative estimate of drug-likeness (QED) is 0.180. The maximum atomic E-state index is 3.87. The van der Waals surface area contributed by atoms with Crippen molar-refractivity contribution >= 4 is 0 Å². The molecule has 0 amide bonds. The van der Waals surface area contributed by atoms with Gasteiger partial charge in [-0.2, -0.15) is 0 Å². The van der Waals surface area contributed by atoms with Gasteiger partial charge in [0.05, 0.1) is 0 Å². The van der Waals surface area contributed by atoms with Gasteiger partial charge in [-0.15, -0.1) is 13.2 Å². The Morgan fingerprint density at radius 3 is 1.38 bits per heavy atom. The summed E-state index contributed by atoms with van der Waals surface area (Å²) < 4.78 is 0. The van der Waals surface area contributed by atoms with Crippen molar-refractivity contribution in [2.45, 2.75) is 103 Å². The summed E-state index contributed by atoms with van der Waals surface area (Å²) >= 11 is 0. The smallest absolute Gasteiger partial charge is 0.00519 e. The normalized spacial score (nSPS) is 11.1. The van der Waals surface area contributed by atoms with Crippen molar-refractivity contribution in [3.8, 4) is 0 Å². The third kappa shape index (κ3) is 17.8. The van der Waals surface area contributed by atoms with Crippen LogP contribution in [0.25, 0.3) is 0 Å². The summed E-state index contributed by atoms with van der Waals surface area (Å²) in [5.74, 6) is 0.790. The minimum atomic E-state index is 0.790. The maximum absolute atomic E-state index is 3.87. The Labute approximate surface area is 153 Å². The fraction of sp³-hybridized carbons (Fsp3) is 0.826. The van der Waals surface area contributed by atoms with Crippen LogP contribution >= 0.6 is 0 Å². The van der Waals surface area contributed by atoms with E-state index in [-0.39, 0.29) is 0 Å². The highest BCUT2D eigenvalue weighted by molar-refractivity contribution is 4.79. The number of unbranched alkanes of at least 4 members (excludes halogenated alkanes) is 12. The SMILES string of the molecule is C=CCC(CC=C)CCCCCCCCCCCCCCCNC. The Morgan fingerprint density at radius 2 is 1.00 bits per heavy atom. The van der Waals surface area contributed by atoms with E-state index in [0.717, 1.165) is 18.8 Å². The Balaban J connectivity index is 3.16. The minimum absolute atomic E-state index is 0.790. The number of allylic oxidation sites excluding steroid dienone is 2. The lowest BCUT2D eigenvalue weighted by atomic mass is 9.94. The molecule has 0 heterocycles. The second kappa shape index (κ2) is 20.5. The maximum Gasteiger partial charge on any atom is -0.00519 e. The first kappa shape index (κ1) is 23.4. The van der Waals surface area contributed by atoms with Gasteiger partial charge in [0, 0.05) is 0 Å². The third-order valence-electron chi connectivity index (χ3n) is 5.04. The summed E-state index contributed by atoms with van der Waals surface area (Å²) in [6.07, 6.45) is 26.4. The highest BCUT2D eigenvalue weighted by Crippen LogP contribution is 2.19. The van der Waals surface area contributed by atoms with Crippen LogP contribution in [0.5, 0.6) is 0 Å². The van der Waals surface area contributed by atoms with E-state index in [0.29, 0.717) is 0 Å². The lowest BCUT2D eigenvalue weighted by molar-refractivity contribution is 0.456. The molecule has 0 atom stereocenters. The molecule has 1 heteroatoms. The largest absolute Gasteiger partial charge is 0.320 e. The summed E-state index contributed by atoms with van der Waals surface area (Å²) in [6, 6.07) is 0. The average Bonchev–Trinajstić information content (AvgIpc) is 2.58. The lowest BCUT2D eigenvalue weighted by Gasteiger charge is -2.12. The van der Waals surface area contributed by atoms with Crippen LogP contribution in [0.1, 0.15) is 103 Å². The van der Waals surface area contributed by atoms with Crippen molar-refractivity contribution in [3.05, 3.63) is 25.3 Å². The van der Waals surface area contributed by atoms with Crippen LogP contribution < -0.4 is 5.32 Å². The summed E-state index contributed by atoms with van der Waals surface area (Å²) in [7, 11) is 2.04. The van der Waals surface area contributed by atoms with Gasteiger partial charge in [-0.1, -0.05) is 89.2 Å². The van der Waals surface area contributed by atoms with E-state index in [4.69, 9.17) is 0 Å². The zero-order valence-electron chi connectivity index (χ0n) is 16.7. The van der Waals surface area contributed by atoms with E-state index in [9.17, 15) is 0 Å². The fourth-order valence-corrected chi connectivity index (χ4v) is 3.48. The van der Waals surface area contributed by atoms with Gasteiger partial charge in [-0.05, 0) is 45.2 Å². The van der Waals surface area contributed by atoms with Crippen LogP contribution in [0.4, 0.5) is 0 Å². The molecule has 0 aliphatic carbocycles. The van der Waals surface area contributed by atoms with Gasteiger partial charge in [-0.3, -0.25) is 0 Å². The molecule has 0 aliphatic rings. The molecule has 0 saturated heterocycles. The molecular formula is C23H45N. The molecule has 0 aromatic rings. The summed E-state index contributed by atoms with van der Waals surface area (Å²) in [4.78, 5) is 0. The van der Waals surface area contributed by atoms with Crippen molar-refractivity contribution in [2.75, 3.05) is 13.6 Å². The van der Waals surface area contributed by atoms with Gasteiger partial charge in [0.15, 0.2) is 0 Å². The molecule has 1 N–H and O–H groups in total. The molecule has 0 aromatic heterocycles. The molecule has 0 radical (unpaired) electrons. The molecule has 0 saturated carbocycles. The monoisotopic (exact) mass is 335 g/mol. The second-order valence-corrected chi connectivity index (χ2v) is 7.40. The third-order valence-corrected chi connectivity index (χ3v) is 5.04. The zero-order valence-corrected chi connectivity index (χ0v) is 16.7. The van der Waals surface area contributed by atoms with Crippen LogP contribution in [0.3, 0.4) is 0 Å². The molecular weight excluding hydrogens is 290 g/mol. The molecule has 0 fully saturated rings. The van der Waals surface area contributed by atoms with Gasteiger partial charge in [-0.25, -0.2) is 0 Å². The molecule has 142 valence electrons. The minimum Gasteiger partial charge on any atom is -0.320 e. The molecule has 0 aromatic carbocycles. The van der Waals surface area contributed by atoms with Crippen LogP contribution in [0.2, 0.25) is 0 Å². The number of hydrogen-bond donors (Lipinski definition) is 1. The van der Waals surface area contributed by atoms with Gasteiger partial charge in [0.25, 0.3) is 0 Å². The van der Waals surface area contributed by atoms with Crippen LogP contribution in [0, 0.1) is 5.92 Å². The first-order chi connectivity index (χ1) is 11.8. The molecule has 0 spiro atoms. The van der Waals surface area contributed by atoms with Crippen molar-refractivity contribution < 1.29 is 0 Å². The number of hydrogen-bond acceptors (Lipinski definition) is 1. The predicted molar refractivity (Wildman–Crippen MR) is 112 cm³/mol. The van der Waals surface area contributed by atoms with Crippen LogP contribution in [0.15, 0.2) is 25.3 Å². The first-order valence-electron chi connectivity index (χ1n) is 10.7. The Hall–Kier alpha value is -0.560. The Bertz CT molecular complexity index is 249. The highest BCUT2D eigenvalue weighted by atomic mass is 14.8. The van der Waals surface area contributed by atoms with E-state index in [1.165, 1.54) is 96.4 Å². The van der Waals surface area contributed by atoms with Gasteiger partial charge >= 0.3 is 0 Å². The van der Waals surface area contributed by atoms with E-state index in [1.54, 1.807) is 0 Å². The number of nitrogens with one attached hydrogen (secondary N) is 1. The van der Waals surface area contributed by atoms with E-state index in [1.807, 2.05) is 7.05 Å². The Kier molecular flexibility index (Phi) is 20.0. The van der Waals surface area contributed by atoms with Crippen molar-refractivity contribution in [1.29, 1.82) is 0 Å². The standard InChI is InChI=1S/C23H45N/c1-4-19-23(20-5-2)21-17-15-13-11-9-7-6-8-10-12-14-16-18-22-24-3/h4-5,23-24H,1-2,6-22H2,3H3. The molecule has 0 rings (SSSR count). The molecule has 0 bridgehead atoms. The summed E-state index contributed by atoms with van der Waals surface area (Å²) in [5.41, 5.74) is 0. The van der Waals surface area contributed by atoms with E-state index in [2.05, 4.69) is 30.6 Å². The Morgan fingerprint density at radius 1 is 0.625 bits per heavy atom. The van der Waals surface area contributed by atoms with Crippen molar-refractivity contribution in [3.63, 3.8) is 0 Å². The summed E-state index contributed by atoms with van der Waals surface area (Å²) in [5, 5.41) is 3.22. The molecule has 0 aliphatic heterocycles. The molecule has 0 unspecified atom stereocenters. The number of rotatable bonds is 20. The van der Waals surface area contributed by atoms with Crippen LogP contribution in [-0.4, -0.2) is 13.6 Å². The van der Waals surface area contributed by atoms with Gasteiger partial charge in [0.2, 0.25) is 0 Å². The predicted octanol–water partition coefficient (Wildman–Crippen LogP) is 7.44. The van der Waals surface area contributed by atoms with Crippen LogP contribution in [-0.2, 0) is 0 Å². The lowest BCUT2D eigenvalue weighted by Crippen LogP contribution is -2.06. The highest BCUT2D eigenvalue weighted by Gasteiger charge is 2.04.